The summed E-state index contributed by atoms with van der Waals surface area (Å²) in [6.45, 7) is 3.83. The first-order valence-corrected chi connectivity index (χ1v) is 11.4. The van der Waals surface area contributed by atoms with E-state index in [-0.39, 0.29) is 11.1 Å². The zero-order valence-electron chi connectivity index (χ0n) is 16.8. The summed E-state index contributed by atoms with van der Waals surface area (Å²) in [6.07, 6.45) is 1.68. The van der Waals surface area contributed by atoms with Crippen LogP contribution in [0.5, 0.6) is 0 Å². The summed E-state index contributed by atoms with van der Waals surface area (Å²) in [5.74, 6) is 0.919. The van der Waals surface area contributed by atoms with E-state index >= 15 is 0 Å². The zero-order chi connectivity index (χ0) is 21.5. The second-order valence-electron chi connectivity index (χ2n) is 7.11. The first-order chi connectivity index (χ1) is 15.0. The highest BCUT2D eigenvalue weighted by molar-refractivity contribution is 7.98. The van der Waals surface area contributed by atoms with Crippen molar-refractivity contribution in [2.75, 3.05) is 0 Å². The quantitative estimate of drug-likeness (QED) is 0.308. The molecule has 0 unspecified atom stereocenters. The number of hydrogen-bond acceptors (Lipinski definition) is 7. The number of rotatable bonds is 4. The average molecular weight is 448 g/mol. The molecule has 9 heteroatoms. The van der Waals surface area contributed by atoms with Gasteiger partial charge in [0.25, 0.3) is 11.1 Å². The van der Waals surface area contributed by atoms with E-state index in [9.17, 15) is 9.59 Å². The minimum Gasteiger partial charge on any atom is -0.269 e. The van der Waals surface area contributed by atoms with Gasteiger partial charge in [0.2, 0.25) is 0 Å². The fourth-order valence-electron chi connectivity index (χ4n) is 3.37. The van der Waals surface area contributed by atoms with Crippen LogP contribution in [0, 0.1) is 13.8 Å². The Balaban J connectivity index is 1.61. The Labute approximate surface area is 185 Å². The van der Waals surface area contributed by atoms with Crippen molar-refractivity contribution >= 4 is 39.0 Å². The average Bonchev–Trinajstić information content (AvgIpc) is 3.13. The summed E-state index contributed by atoms with van der Waals surface area (Å²) in [6, 6.07) is 12.5. The van der Waals surface area contributed by atoms with Crippen molar-refractivity contribution in [2.24, 2.45) is 0 Å². The Hall–Kier alpha value is -3.30. The van der Waals surface area contributed by atoms with Crippen molar-refractivity contribution < 1.29 is 0 Å². The molecule has 0 aliphatic rings. The summed E-state index contributed by atoms with van der Waals surface area (Å²) in [4.78, 5) is 40.2. The van der Waals surface area contributed by atoms with Crippen molar-refractivity contribution in [2.45, 2.75) is 24.8 Å². The highest BCUT2D eigenvalue weighted by atomic mass is 32.2. The number of nitrogens with zero attached hydrogens (tertiary/aromatic N) is 5. The molecule has 31 heavy (non-hydrogen) atoms. The van der Waals surface area contributed by atoms with Crippen molar-refractivity contribution in [3.63, 3.8) is 0 Å². The highest BCUT2D eigenvalue weighted by Gasteiger charge is 2.15. The molecule has 0 aliphatic carbocycles. The molecular weight excluding hydrogens is 430 g/mol. The standard InChI is InChI=1S/C22H17N5O2S2/c1-13-7-8-23-18(9-13)27-20(29)16-5-3-4-6-17(16)25-22(27)31-12-15-10-19(28)26-14(2)11-30-21(26)24-15/h3-11H,12H2,1-2H3. The minimum atomic E-state index is -0.177. The number of fused-ring (bicyclic) bond motifs is 2. The number of benzene rings is 1. The van der Waals surface area contributed by atoms with E-state index in [1.54, 1.807) is 16.7 Å². The fraction of sp³-hybridized carbons (Fsp3) is 0.136. The Morgan fingerprint density at radius 1 is 1.06 bits per heavy atom. The Morgan fingerprint density at radius 3 is 2.74 bits per heavy atom. The topological polar surface area (TPSA) is 82.2 Å². The van der Waals surface area contributed by atoms with Gasteiger partial charge in [-0.05, 0) is 43.7 Å². The number of aryl methyl sites for hydroxylation is 2. The van der Waals surface area contributed by atoms with Gasteiger partial charge in [-0.2, -0.15) is 0 Å². The SMILES string of the molecule is Cc1ccnc(-n2c(SCc3cc(=O)n4c(C)csc4n3)nc3ccccc3c2=O)c1. The normalized spacial score (nSPS) is 11.4. The van der Waals surface area contributed by atoms with Gasteiger partial charge in [-0.1, -0.05) is 23.9 Å². The molecule has 7 nitrogen and oxygen atoms in total. The molecule has 4 aromatic heterocycles. The molecule has 154 valence electrons. The molecule has 0 saturated heterocycles. The van der Waals surface area contributed by atoms with E-state index in [0.29, 0.717) is 38.3 Å². The van der Waals surface area contributed by atoms with Crippen LogP contribution in [0.4, 0.5) is 0 Å². The smallest absolute Gasteiger partial charge is 0.267 e. The van der Waals surface area contributed by atoms with Crippen LogP contribution in [0.2, 0.25) is 0 Å². The van der Waals surface area contributed by atoms with Crippen LogP contribution in [0.15, 0.2) is 68.8 Å². The number of para-hydroxylation sites is 1. The predicted octanol–water partition coefficient (Wildman–Crippen LogP) is 3.76. The first-order valence-electron chi connectivity index (χ1n) is 9.56. The highest BCUT2D eigenvalue weighted by Crippen LogP contribution is 2.24. The number of pyridine rings is 1. The zero-order valence-corrected chi connectivity index (χ0v) is 18.4. The van der Waals surface area contributed by atoms with Crippen LogP contribution < -0.4 is 11.1 Å². The van der Waals surface area contributed by atoms with Crippen LogP contribution in [-0.2, 0) is 5.75 Å². The minimum absolute atomic E-state index is 0.108. The molecule has 4 heterocycles. The molecule has 5 aromatic rings. The maximum absolute atomic E-state index is 13.3. The van der Waals surface area contributed by atoms with Gasteiger partial charge in [-0.3, -0.25) is 14.0 Å². The molecule has 0 saturated carbocycles. The molecule has 0 N–H and O–H groups in total. The summed E-state index contributed by atoms with van der Waals surface area (Å²) >= 11 is 2.79. The van der Waals surface area contributed by atoms with Gasteiger partial charge in [0.1, 0.15) is 5.82 Å². The summed E-state index contributed by atoms with van der Waals surface area (Å²) < 4.78 is 3.13. The molecule has 0 bridgehead atoms. The molecule has 0 atom stereocenters. The third-order valence-electron chi connectivity index (χ3n) is 4.85. The molecule has 0 aliphatic heterocycles. The van der Waals surface area contributed by atoms with E-state index in [4.69, 9.17) is 4.98 Å². The molecule has 1 aromatic carbocycles. The van der Waals surface area contributed by atoms with Crippen LogP contribution in [-0.4, -0.2) is 23.9 Å². The van der Waals surface area contributed by atoms with E-state index in [2.05, 4.69) is 9.97 Å². The second-order valence-corrected chi connectivity index (χ2v) is 8.89. The maximum atomic E-state index is 13.3. The molecule has 0 radical (unpaired) electrons. The summed E-state index contributed by atoms with van der Waals surface area (Å²) in [5, 5.41) is 2.94. The van der Waals surface area contributed by atoms with E-state index in [1.807, 2.05) is 49.6 Å². The lowest BCUT2D eigenvalue weighted by atomic mass is 10.2. The second kappa shape index (κ2) is 7.75. The van der Waals surface area contributed by atoms with Gasteiger partial charge in [0.15, 0.2) is 10.1 Å². The van der Waals surface area contributed by atoms with Gasteiger partial charge in [0.05, 0.1) is 16.6 Å². The lowest BCUT2D eigenvalue weighted by Crippen LogP contribution is -2.22. The van der Waals surface area contributed by atoms with Crippen LogP contribution in [0.3, 0.4) is 0 Å². The van der Waals surface area contributed by atoms with Crippen molar-refractivity contribution in [1.82, 2.24) is 23.9 Å². The van der Waals surface area contributed by atoms with Gasteiger partial charge >= 0.3 is 0 Å². The third-order valence-corrected chi connectivity index (χ3v) is 6.77. The van der Waals surface area contributed by atoms with Crippen molar-refractivity contribution in [3.05, 3.63) is 91.7 Å². The monoisotopic (exact) mass is 447 g/mol. The van der Waals surface area contributed by atoms with Gasteiger partial charge in [0, 0.05) is 29.1 Å². The predicted molar refractivity (Wildman–Crippen MR) is 124 cm³/mol. The van der Waals surface area contributed by atoms with Crippen LogP contribution in [0.1, 0.15) is 17.0 Å². The van der Waals surface area contributed by atoms with Crippen molar-refractivity contribution in [1.29, 1.82) is 0 Å². The Bertz CT molecular complexity index is 1570. The van der Waals surface area contributed by atoms with Crippen LogP contribution in [0.25, 0.3) is 21.7 Å². The Kier molecular flexibility index (Phi) is 4.91. The molecule has 5 rings (SSSR count). The Morgan fingerprint density at radius 2 is 1.90 bits per heavy atom. The maximum Gasteiger partial charge on any atom is 0.267 e. The molecule has 0 fully saturated rings. The summed E-state index contributed by atoms with van der Waals surface area (Å²) in [5.41, 5.74) is 2.84. The first kappa shape index (κ1) is 19.7. The number of aromatic nitrogens is 5. The molecule has 0 amide bonds. The van der Waals surface area contributed by atoms with Gasteiger partial charge in [-0.25, -0.2) is 19.5 Å². The fourth-order valence-corrected chi connectivity index (χ4v) is 5.15. The van der Waals surface area contributed by atoms with E-state index in [1.165, 1.54) is 33.7 Å². The lowest BCUT2D eigenvalue weighted by molar-refractivity contribution is 0.794. The molecular formula is C22H17N5O2S2. The number of hydrogen-bond donors (Lipinski definition) is 0. The van der Waals surface area contributed by atoms with E-state index < -0.39 is 0 Å². The van der Waals surface area contributed by atoms with E-state index in [0.717, 1.165) is 11.3 Å². The lowest BCUT2D eigenvalue weighted by Gasteiger charge is -2.12. The number of thiazole rings is 1. The number of thioether (sulfide) groups is 1. The largest absolute Gasteiger partial charge is 0.269 e. The van der Waals surface area contributed by atoms with Crippen molar-refractivity contribution in [3.8, 4) is 5.82 Å². The molecule has 0 spiro atoms. The van der Waals surface area contributed by atoms with Gasteiger partial charge in [-0.15, -0.1) is 11.3 Å². The third kappa shape index (κ3) is 3.55. The summed E-state index contributed by atoms with van der Waals surface area (Å²) in [7, 11) is 0. The van der Waals surface area contributed by atoms with Gasteiger partial charge < -0.3 is 0 Å². The van der Waals surface area contributed by atoms with Crippen LogP contribution >= 0.6 is 23.1 Å².